The van der Waals surface area contributed by atoms with E-state index in [2.05, 4.69) is 10.6 Å². The van der Waals surface area contributed by atoms with Gasteiger partial charge < -0.3 is 55.8 Å². The smallest absolute Gasteiger partial charge is 0.255 e. The molecular formula is C33H40I6N6O11. The Kier molecular flexibility index (Phi) is 21.1. The number of hydrogen-bond acceptors (Lipinski definition) is 11. The predicted octanol–water partition coefficient (Wildman–Crippen LogP) is 1.65. The minimum atomic E-state index is -1.39. The molecule has 2 aromatic carbocycles. The zero-order chi connectivity index (χ0) is 43.1. The molecule has 0 saturated heterocycles. The molecule has 0 fully saturated rings. The monoisotopic (exact) mass is 1460 g/mol. The van der Waals surface area contributed by atoms with Crippen molar-refractivity contribution < 1.29 is 54.3 Å². The Bertz CT molecular complexity index is 1750. The lowest BCUT2D eigenvalue weighted by Gasteiger charge is -2.29. The number of halogens is 6. The first-order valence-electron chi connectivity index (χ1n) is 16.3. The van der Waals surface area contributed by atoms with Crippen molar-refractivity contribution in [1.82, 2.24) is 20.4 Å². The first kappa shape index (κ1) is 51.6. The molecule has 310 valence electrons. The van der Waals surface area contributed by atoms with E-state index in [9.17, 15) is 54.3 Å². The summed E-state index contributed by atoms with van der Waals surface area (Å²) >= 11 is 11.3. The molecular weight excluding hydrogens is 1420 g/mol. The van der Waals surface area contributed by atoms with Crippen LogP contribution in [0.4, 0.5) is 11.4 Å². The maximum atomic E-state index is 14.1. The lowest BCUT2D eigenvalue weighted by molar-refractivity contribution is -0.126. The number of nitrogens with zero attached hydrogens (tertiary/aromatic N) is 4. The largest absolute Gasteiger partial charge is 0.395 e. The minimum absolute atomic E-state index is 0.0403. The highest BCUT2D eigenvalue weighted by Gasteiger charge is 2.35. The number of amides is 6. The Morgan fingerprint density at radius 1 is 0.536 bits per heavy atom. The van der Waals surface area contributed by atoms with E-state index in [0.717, 1.165) is 9.80 Å². The van der Waals surface area contributed by atoms with Crippen LogP contribution in [0.3, 0.4) is 0 Å². The molecule has 0 spiro atoms. The Labute approximate surface area is 405 Å². The summed E-state index contributed by atoms with van der Waals surface area (Å²) in [6.07, 6.45) is -4.11. The van der Waals surface area contributed by atoms with Crippen LogP contribution in [0.5, 0.6) is 0 Å². The Morgan fingerprint density at radius 3 is 1.09 bits per heavy atom. The Morgan fingerprint density at radius 2 is 0.821 bits per heavy atom. The van der Waals surface area contributed by atoms with Gasteiger partial charge in [-0.1, -0.05) is 0 Å². The van der Waals surface area contributed by atoms with Crippen LogP contribution < -0.4 is 20.4 Å². The topological polar surface area (TPSA) is 241 Å². The summed E-state index contributed by atoms with van der Waals surface area (Å²) in [5.74, 6) is -3.87. The van der Waals surface area contributed by atoms with Gasteiger partial charge in [-0.2, -0.15) is 0 Å². The highest BCUT2D eigenvalue weighted by molar-refractivity contribution is 14.1. The number of carbonyl (C=O) groups excluding carboxylic acids is 6. The number of rotatable bonds is 16. The summed E-state index contributed by atoms with van der Waals surface area (Å²) in [6, 6.07) is 0. The van der Waals surface area contributed by atoms with Crippen LogP contribution in [-0.2, 0) is 9.59 Å². The third-order valence-corrected chi connectivity index (χ3v) is 14.3. The van der Waals surface area contributed by atoms with Gasteiger partial charge in [-0.15, -0.1) is 0 Å². The van der Waals surface area contributed by atoms with Crippen LogP contribution in [0.2, 0.25) is 0 Å². The van der Waals surface area contributed by atoms with Gasteiger partial charge in [0.25, 0.3) is 35.4 Å². The molecule has 0 aromatic heterocycles. The maximum Gasteiger partial charge on any atom is 0.255 e. The van der Waals surface area contributed by atoms with Crippen LogP contribution in [0.25, 0.3) is 0 Å². The Hall–Kier alpha value is -0.560. The van der Waals surface area contributed by atoms with Gasteiger partial charge in [-0.25, -0.2) is 0 Å². The summed E-state index contributed by atoms with van der Waals surface area (Å²) in [4.78, 5) is 85.3. The molecule has 23 heteroatoms. The molecule has 0 aliphatic carbocycles. The SMILES string of the molecule is CC(O)C(=O)N(C)c1c(I)c(C(=O)NCCO)c(I)c(C(=O)N(C)CC(O)CN(C)C(=O)c2c(I)c(C(=O)NCCO)c(I)c(N(C)C(=O)C(C)O)c2I)c1I. The van der Waals surface area contributed by atoms with E-state index in [0.29, 0.717) is 14.3 Å². The van der Waals surface area contributed by atoms with Gasteiger partial charge in [0.2, 0.25) is 0 Å². The first-order chi connectivity index (χ1) is 26.0. The molecule has 56 heavy (non-hydrogen) atoms. The van der Waals surface area contributed by atoms with E-state index in [1.165, 1.54) is 51.8 Å². The summed E-state index contributed by atoms with van der Waals surface area (Å²) in [7, 11) is 5.63. The van der Waals surface area contributed by atoms with Crippen LogP contribution in [0, 0.1) is 21.4 Å². The molecule has 2 unspecified atom stereocenters. The van der Waals surface area contributed by atoms with Gasteiger partial charge >= 0.3 is 0 Å². The third kappa shape index (κ3) is 11.8. The zero-order valence-electron chi connectivity index (χ0n) is 30.7. The predicted molar refractivity (Wildman–Crippen MR) is 258 cm³/mol. The minimum Gasteiger partial charge on any atom is -0.395 e. The van der Waals surface area contributed by atoms with Gasteiger partial charge in [-0.3, -0.25) is 28.8 Å². The van der Waals surface area contributed by atoms with E-state index < -0.39 is 53.8 Å². The molecule has 0 heterocycles. The highest BCUT2D eigenvalue weighted by Crippen LogP contribution is 2.40. The molecule has 2 rings (SSSR count). The van der Waals surface area contributed by atoms with Crippen LogP contribution in [-0.4, -0.2) is 157 Å². The van der Waals surface area contributed by atoms with Crippen molar-refractivity contribution in [3.05, 3.63) is 43.7 Å². The third-order valence-electron chi connectivity index (χ3n) is 7.97. The highest BCUT2D eigenvalue weighted by atomic mass is 127. The molecule has 0 saturated carbocycles. The standard InChI is InChI=1S/C33H40I6N6O11/c1-13(48)30(53)44(5)26-22(36)16(28(51)40-7-9-46)20(34)18(24(26)38)32(55)42(3)11-15(50)12-43(4)33(56)19-21(35)17(29(52)41-8-10-47)23(37)27(25(19)39)45(6)31(54)14(2)49/h13-15,46-50H,7-12H2,1-6H3,(H,40,51)(H,41,52). The summed E-state index contributed by atoms with van der Waals surface area (Å²) in [5, 5.41) is 55.1. The van der Waals surface area contributed by atoms with Crippen LogP contribution in [0.15, 0.2) is 0 Å². The second-order valence-electron chi connectivity index (χ2n) is 12.2. The van der Waals surface area contributed by atoms with E-state index >= 15 is 0 Å². The number of anilines is 2. The first-order valence-corrected chi connectivity index (χ1v) is 22.8. The fraction of sp³-hybridized carbons (Fsp3) is 0.455. The fourth-order valence-corrected chi connectivity index (χ4v) is 14.9. The van der Waals surface area contributed by atoms with Gasteiger partial charge in [0, 0.05) is 61.5 Å². The van der Waals surface area contributed by atoms with Gasteiger partial charge in [-0.05, 0) is 149 Å². The van der Waals surface area contributed by atoms with Crippen molar-refractivity contribution in [3.8, 4) is 0 Å². The maximum absolute atomic E-state index is 14.1. The average Bonchev–Trinajstić information content (AvgIpc) is 3.11. The molecule has 17 nitrogen and oxygen atoms in total. The molecule has 0 aliphatic rings. The van der Waals surface area contributed by atoms with E-state index in [4.69, 9.17) is 0 Å². The van der Waals surface area contributed by atoms with Crippen LogP contribution in [0.1, 0.15) is 55.3 Å². The Balaban J connectivity index is 2.58. The van der Waals surface area contributed by atoms with E-state index in [1.54, 1.807) is 0 Å². The fourth-order valence-electron chi connectivity index (χ4n) is 5.20. The van der Waals surface area contributed by atoms with Crippen molar-refractivity contribution in [2.24, 2.45) is 0 Å². The summed E-state index contributed by atoms with van der Waals surface area (Å²) in [6.45, 7) is 1.13. The average molecular weight is 1460 g/mol. The lowest BCUT2D eigenvalue weighted by atomic mass is 10.1. The zero-order valence-corrected chi connectivity index (χ0v) is 43.7. The van der Waals surface area contributed by atoms with Crippen LogP contribution >= 0.6 is 136 Å². The van der Waals surface area contributed by atoms with Crippen molar-refractivity contribution in [3.63, 3.8) is 0 Å². The van der Waals surface area contributed by atoms with Gasteiger partial charge in [0.1, 0.15) is 12.2 Å². The molecule has 2 atom stereocenters. The second kappa shape index (κ2) is 22.9. The van der Waals surface area contributed by atoms with Crippen molar-refractivity contribution in [2.75, 3.05) is 77.4 Å². The number of hydrogen-bond donors (Lipinski definition) is 7. The van der Waals surface area contributed by atoms with Gasteiger partial charge in [0.05, 0.1) is 67.2 Å². The van der Waals surface area contributed by atoms with E-state index in [1.807, 2.05) is 136 Å². The number of aliphatic hydroxyl groups is 5. The molecule has 2 aromatic rings. The molecule has 0 radical (unpaired) electrons. The van der Waals surface area contributed by atoms with Crippen molar-refractivity contribution >= 4 is 182 Å². The van der Waals surface area contributed by atoms with Crippen molar-refractivity contribution in [2.45, 2.75) is 32.2 Å². The summed E-state index contributed by atoms with van der Waals surface area (Å²) in [5.41, 5.74) is 0.599. The second-order valence-corrected chi connectivity index (χ2v) is 18.7. The van der Waals surface area contributed by atoms with E-state index in [-0.39, 0.29) is 80.2 Å². The number of aliphatic hydroxyl groups excluding tert-OH is 5. The number of benzene rings is 2. The van der Waals surface area contributed by atoms with Crippen molar-refractivity contribution in [1.29, 1.82) is 0 Å². The number of nitrogens with one attached hydrogen (secondary N) is 2. The molecule has 0 bridgehead atoms. The van der Waals surface area contributed by atoms with Gasteiger partial charge in [0.15, 0.2) is 0 Å². The molecule has 7 N–H and O–H groups in total. The molecule has 0 aliphatic heterocycles. The normalized spacial score (nSPS) is 12.7. The quantitative estimate of drug-likeness (QED) is 0.119. The number of likely N-dealkylation sites (N-methyl/N-ethyl adjacent to an activating group) is 4. The lowest BCUT2D eigenvalue weighted by Crippen LogP contribution is -2.43. The molecule has 6 amide bonds. The summed E-state index contributed by atoms with van der Waals surface area (Å²) < 4.78 is 1.71. The number of carbonyl (C=O) groups is 6.